The number of hydrogen-bond donors (Lipinski definition) is 2. The smallest absolute Gasteiger partial charge is 0.336 e. The summed E-state index contributed by atoms with van der Waals surface area (Å²) in [6.45, 7) is 0. The van der Waals surface area contributed by atoms with Crippen molar-refractivity contribution in [2.75, 3.05) is 4.90 Å². The Morgan fingerprint density at radius 1 is 0.900 bits per heavy atom. The van der Waals surface area contributed by atoms with E-state index in [1.807, 2.05) is 12.1 Å². The highest BCUT2D eigenvalue weighted by molar-refractivity contribution is 6.05. The quantitative estimate of drug-likeness (QED) is 0.811. The molecule has 0 aliphatic heterocycles. The van der Waals surface area contributed by atoms with Crippen molar-refractivity contribution in [3.63, 3.8) is 0 Å². The van der Waals surface area contributed by atoms with Gasteiger partial charge in [0.15, 0.2) is 0 Å². The van der Waals surface area contributed by atoms with Crippen LogP contribution >= 0.6 is 0 Å². The maximum atomic E-state index is 11.5. The standard InChI is InChI=1S/C15H14N2O3/c16-14(18)13(15(19)20)17(11-7-3-1-4-8-11)12-9-5-2-6-10-12/h1-10,13H,(H2,16,18)(H,19,20). The Balaban J connectivity index is 2.55. The molecule has 1 atom stereocenters. The Hall–Kier alpha value is -2.82. The van der Waals surface area contributed by atoms with Gasteiger partial charge in [-0.15, -0.1) is 0 Å². The topological polar surface area (TPSA) is 83.6 Å². The second kappa shape index (κ2) is 5.88. The van der Waals surface area contributed by atoms with E-state index >= 15 is 0 Å². The number of carboxylic acid groups (broad SMARTS) is 1. The average Bonchev–Trinajstić information content (AvgIpc) is 2.45. The molecule has 2 aromatic carbocycles. The van der Waals surface area contributed by atoms with E-state index < -0.39 is 17.9 Å². The van der Waals surface area contributed by atoms with Crippen LogP contribution in [-0.2, 0) is 9.59 Å². The number of amides is 1. The van der Waals surface area contributed by atoms with Crippen LogP contribution in [0.15, 0.2) is 60.7 Å². The molecule has 0 aliphatic rings. The largest absolute Gasteiger partial charge is 0.479 e. The molecule has 1 unspecified atom stereocenters. The maximum Gasteiger partial charge on any atom is 0.336 e. The molecular weight excluding hydrogens is 256 g/mol. The summed E-state index contributed by atoms with van der Waals surface area (Å²) in [7, 11) is 0. The van der Waals surface area contributed by atoms with E-state index in [1.54, 1.807) is 48.5 Å². The summed E-state index contributed by atoms with van der Waals surface area (Å²) < 4.78 is 0. The van der Waals surface area contributed by atoms with E-state index in [0.29, 0.717) is 11.4 Å². The first kappa shape index (κ1) is 13.6. The molecule has 5 nitrogen and oxygen atoms in total. The Bertz CT molecular complexity index is 546. The summed E-state index contributed by atoms with van der Waals surface area (Å²) in [5.41, 5.74) is 6.43. The fourth-order valence-corrected chi connectivity index (χ4v) is 1.98. The van der Waals surface area contributed by atoms with Gasteiger partial charge in [-0.3, -0.25) is 4.79 Å². The molecule has 0 aromatic heterocycles. The Morgan fingerprint density at radius 3 is 1.60 bits per heavy atom. The third-order valence-electron chi connectivity index (χ3n) is 2.83. The molecule has 2 aromatic rings. The summed E-state index contributed by atoms with van der Waals surface area (Å²) in [4.78, 5) is 24.3. The highest BCUT2D eigenvalue weighted by Gasteiger charge is 2.32. The van der Waals surface area contributed by atoms with E-state index in [1.165, 1.54) is 4.90 Å². The highest BCUT2D eigenvalue weighted by atomic mass is 16.4. The number of hydrogen-bond acceptors (Lipinski definition) is 3. The molecular formula is C15H14N2O3. The third-order valence-corrected chi connectivity index (χ3v) is 2.83. The predicted octanol–water partition coefficient (Wildman–Crippen LogP) is 1.76. The lowest BCUT2D eigenvalue weighted by Gasteiger charge is -2.29. The van der Waals surface area contributed by atoms with Crippen molar-refractivity contribution in [2.24, 2.45) is 5.73 Å². The van der Waals surface area contributed by atoms with Crippen molar-refractivity contribution < 1.29 is 14.7 Å². The lowest BCUT2D eigenvalue weighted by Crippen LogP contribution is -2.47. The molecule has 0 bridgehead atoms. The van der Waals surface area contributed by atoms with Crippen LogP contribution in [0.25, 0.3) is 0 Å². The van der Waals surface area contributed by atoms with Gasteiger partial charge in [0.25, 0.3) is 5.91 Å². The van der Waals surface area contributed by atoms with Gasteiger partial charge in [0.2, 0.25) is 6.04 Å². The number of rotatable bonds is 5. The van der Waals surface area contributed by atoms with Crippen molar-refractivity contribution in [3.05, 3.63) is 60.7 Å². The molecule has 0 fully saturated rings. The summed E-state index contributed by atoms with van der Waals surface area (Å²) in [5, 5.41) is 9.29. The zero-order chi connectivity index (χ0) is 14.5. The van der Waals surface area contributed by atoms with Crippen LogP contribution < -0.4 is 10.6 Å². The number of aliphatic carboxylic acids is 1. The summed E-state index contributed by atoms with van der Waals surface area (Å²) in [6, 6.07) is 16.2. The van der Waals surface area contributed by atoms with Crippen molar-refractivity contribution >= 4 is 23.3 Å². The Kier molecular flexibility index (Phi) is 4.00. The van der Waals surface area contributed by atoms with E-state index in [9.17, 15) is 14.7 Å². The number of carbonyl (C=O) groups is 2. The number of nitrogens with zero attached hydrogens (tertiary/aromatic N) is 1. The highest BCUT2D eigenvalue weighted by Crippen LogP contribution is 2.27. The minimum absolute atomic E-state index is 0.588. The second-order valence-corrected chi connectivity index (χ2v) is 4.18. The molecule has 20 heavy (non-hydrogen) atoms. The van der Waals surface area contributed by atoms with Gasteiger partial charge in [-0.1, -0.05) is 36.4 Å². The number of carboxylic acids is 1. The summed E-state index contributed by atoms with van der Waals surface area (Å²) >= 11 is 0. The molecule has 102 valence electrons. The fraction of sp³-hybridized carbons (Fsp3) is 0.0667. The number of nitrogens with two attached hydrogens (primary N) is 1. The number of carbonyl (C=O) groups excluding carboxylic acids is 1. The lowest BCUT2D eigenvalue weighted by molar-refractivity contribution is -0.141. The SMILES string of the molecule is NC(=O)C(C(=O)O)N(c1ccccc1)c1ccccc1. The minimum Gasteiger partial charge on any atom is -0.479 e. The third kappa shape index (κ3) is 2.77. The number of anilines is 2. The molecule has 0 saturated heterocycles. The zero-order valence-electron chi connectivity index (χ0n) is 10.6. The molecule has 0 aliphatic carbocycles. The molecule has 0 spiro atoms. The van der Waals surface area contributed by atoms with Gasteiger partial charge in [0, 0.05) is 11.4 Å². The van der Waals surface area contributed by atoms with E-state index in [4.69, 9.17) is 5.73 Å². The Morgan fingerprint density at radius 2 is 1.30 bits per heavy atom. The monoisotopic (exact) mass is 270 g/mol. The van der Waals surface area contributed by atoms with Gasteiger partial charge in [-0.25, -0.2) is 4.79 Å². The molecule has 0 heterocycles. The maximum absolute atomic E-state index is 11.5. The van der Waals surface area contributed by atoms with Crippen molar-refractivity contribution in [1.29, 1.82) is 0 Å². The first-order valence-corrected chi connectivity index (χ1v) is 6.02. The second-order valence-electron chi connectivity index (χ2n) is 4.18. The van der Waals surface area contributed by atoms with E-state index in [0.717, 1.165) is 0 Å². The molecule has 0 radical (unpaired) electrons. The summed E-state index contributed by atoms with van der Waals surface area (Å²) in [5.74, 6) is -2.20. The predicted molar refractivity (Wildman–Crippen MR) is 75.6 cm³/mol. The van der Waals surface area contributed by atoms with Gasteiger partial charge in [-0.05, 0) is 24.3 Å². The average molecular weight is 270 g/mol. The van der Waals surface area contributed by atoms with Crippen LogP contribution in [-0.4, -0.2) is 23.0 Å². The van der Waals surface area contributed by atoms with Crippen molar-refractivity contribution in [3.8, 4) is 0 Å². The lowest BCUT2D eigenvalue weighted by atomic mass is 10.1. The molecule has 5 heteroatoms. The van der Waals surface area contributed by atoms with E-state index in [2.05, 4.69) is 0 Å². The molecule has 3 N–H and O–H groups in total. The van der Waals surface area contributed by atoms with E-state index in [-0.39, 0.29) is 0 Å². The van der Waals surface area contributed by atoms with Crippen molar-refractivity contribution in [2.45, 2.75) is 6.04 Å². The van der Waals surface area contributed by atoms with Gasteiger partial charge in [-0.2, -0.15) is 0 Å². The first-order valence-electron chi connectivity index (χ1n) is 6.02. The number of primary amides is 1. The minimum atomic E-state index is -1.46. The summed E-state index contributed by atoms with van der Waals surface area (Å²) in [6.07, 6.45) is 0. The van der Waals surface area contributed by atoms with Crippen LogP contribution in [0.2, 0.25) is 0 Å². The first-order chi connectivity index (χ1) is 9.61. The van der Waals surface area contributed by atoms with Crippen LogP contribution in [0.1, 0.15) is 0 Å². The van der Waals surface area contributed by atoms with Crippen LogP contribution in [0.4, 0.5) is 11.4 Å². The fourth-order valence-electron chi connectivity index (χ4n) is 1.98. The normalized spacial score (nSPS) is 11.6. The van der Waals surface area contributed by atoms with Gasteiger partial charge >= 0.3 is 5.97 Å². The van der Waals surface area contributed by atoms with Gasteiger partial charge in [0.05, 0.1) is 0 Å². The molecule has 0 saturated carbocycles. The van der Waals surface area contributed by atoms with Crippen molar-refractivity contribution in [1.82, 2.24) is 0 Å². The van der Waals surface area contributed by atoms with Crippen LogP contribution in [0.5, 0.6) is 0 Å². The Labute approximate surface area is 116 Å². The number of para-hydroxylation sites is 2. The number of benzene rings is 2. The zero-order valence-corrected chi connectivity index (χ0v) is 10.6. The molecule has 1 amide bonds. The van der Waals surface area contributed by atoms with Crippen LogP contribution in [0, 0.1) is 0 Å². The van der Waals surface area contributed by atoms with Crippen LogP contribution in [0.3, 0.4) is 0 Å². The van der Waals surface area contributed by atoms with Gasteiger partial charge < -0.3 is 15.7 Å². The van der Waals surface area contributed by atoms with Gasteiger partial charge in [0.1, 0.15) is 0 Å². The molecule has 2 rings (SSSR count).